The third-order valence-electron chi connectivity index (χ3n) is 7.87. The molecular weight excluding hydrogens is 490 g/mol. The number of rotatable bonds is 9. The van der Waals surface area contributed by atoms with Gasteiger partial charge in [-0.2, -0.15) is 0 Å². The van der Waals surface area contributed by atoms with E-state index in [1.807, 2.05) is 48.5 Å². The van der Waals surface area contributed by atoms with Gasteiger partial charge in [0.2, 0.25) is 8.32 Å². The van der Waals surface area contributed by atoms with E-state index in [-0.39, 0.29) is 17.6 Å². The molecule has 6 heteroatoms. The minimum atomic E-state index is -2.37. The zero-order chi connectivity index (χ0) is 27.6. The van der Waals surface area contributed by atoms with Gasteiger partial charge in [-0.05, 0) is 34.3 Å². The summed E-state index contributed by atoms with van der Waals surface area (Å²) in [7, 11) is -2.37. The Labute approximate surface area is 227 Å². The van der Waals surface area contributed by atoms with Crippen molar-refractivity contribution in [2.75, 3.05) is 0 Å². The van der Waals surface area contributed by atoms with Gasteiger partial charge in [0.25, 0.3) is 11.8 Å². The van der Waals surface area contributed by atoms with Crippen LogP contribution in [-0.4, -0.2) is 36.9 Å². The van der Waals surface area contributed by atoms with Crippen LogP contribution in [0.3, 0.4) is 0 Å². The molecule has 0 spiro atoms. The predicted molar refractivity (Wildman–Crippen MR) is 153 cm³/mol. The molecule has 1 aliphatic rings. The standard InChI is InChI=1S/C32H37NO4Si/c1-21(2)38(22(3)4,23(5)6)37-30-28(24-13-9-7-10-14-24)33(32(30)36)31(35)27-19-17-26(18-20-27)29(34)25-15-11-8-12-16-25/h7-23,28,30H,1-6H3/t28-,30+/m0/s1. The summed E-state index contributed by atoms with van der Waals surface area (Å²) in [6.07, 6.45) is -0.695. The van der Waals surface area contributed by atoms with Crippen LogP contribution in [0.2, 0.25) is 16.6 Å². The van der Waals surface area contributed by atoms with Crippen LogP contribution < -0.4 is 0 Å². The second-order valence-corrected chi connectivity index (χ2v) is 16.4. The van der Waals surface area contributed by atoms with Gasteiger partial charge in [0, 0.05) is 16.7 Å². The fourth-order valence-electron chi connectivity index (χ4n) is 6.07. The molecule has 1 saturated heterocycles. The smallest absolute Gasteiger partial charge is 0.261 e. The van der Waals surface area contributed by atoms with E-state index in [0.29, 0.717) is 33.3 Å². The summed E-state index contributed by atoms with van der Waals surface area (Å²) in [5, 5.41) is 0. The normalized spacial score (nSPS) is 17.7. The van der Waals surface area contributed by atoms with Gasteiger partial charge >= 0.3 is 0 Å². The molecule has 0 bridgehead atoms. The maximum atomic E-state index is 13.7. The average Bonchev–Trinajstić information content (AvgIpc) is 2.91. The van der Waals surface area contributed by atoms with Crippen LogP contribution in [0, 0.1) is 0 Å². The van der Waals surface area contributed by atoms with Crippen LogP contribution in [0.25, 0.3) is 0 Å². The van der Waals surface area contributed by atoms with Crippen LogP contribution >= 0.6 is 0 Å². The lowest BCUT2D eigenvalue weighted by Gasteiger charge is -2.52. The highest BCUT2D eigenvalue weighted by molar-refractivity contribution is 6.77. The summed E-state index contributed by atoms with van der Waals surface area (Å²) in [6, 6.07) is 24.7. The zero-order valence-corrected chi connectivity index (χ0v) is 24.0. The second-order valence-electron chi connectivity index (χ2n) is 11.0. The Morgan fingerprint density at radius 2 is 1.13 bits per heavy atom. The van der Waals surface area contributed by atoms with Crippen LogP contribution in [0.4, 0.5) is 0 Å². The third-order valence-corrected chi connectivity index (χ3v) is 14.0. The number of nitrogens with zero attached hydrogens (tertiary/aromatic N) is 1. The van der Waals surface area contributed by atoms with Crippen LogP contribution in [0.15, 0.2) is 84.9 Å². The van der Waals surface area contributed by atoms with Gasteiger partial charge in [-0.1, -0.05) is 114 Å². The molecule has 0 unspecified atom stereocenters. The number of benzene rings is 3. The predicted octanol–water partition coefficient (Wildman–Crippen LogP) is 7.20. The van der Waals surface area contributed by atoms with E-state index in [0.717, 1.165) is 5.56 Å². The average molecular weight is 528 g/mol. The summed E-state index contributed by atoms with van der Waals surface area (Å²) in [5.74, 6) is -0.793. The van der Waals surface area contributed by atoms with Crippen molar-refractivity contribution in [3.05, 3.63) is 107 Å². The highest BCUT2D eigenvalue weighted by Gasteiger charge is 2.57. The lowest BCUT2D eigenvalue weighted by Crippen LogP contribution is -2.66. The lowest BCUT2D eigenvalue weighted by molar-refractivity contribution is -0.159. The van der Waals surface area contributed by atoms with E-state index >= 15 is 0 Å². The Bertz CT molecular complexity index is 1260. The van der Waals surface area contributed by atoms with Crippen molar-refractivity contribution >= 4 is 25.9 Å². The highest BCUT2D eigenvalue weighted by Crippen LogP contribution is 2.48. The SMILES string of the molecule is CC(C)[Si](O[C@H]1C(=O)N(C(=O)c2ccc(C(=O)c3ccccc3)cc2)[C@H]1c1ccccc1)(C(C)C)C(C)C. The van der Waals surface area contributed by atoms with Crippen LogP contribution in [0.5, 0.6) is 0 Å². The monoisotopic (exact) mass is 527 g/mol. The van der Waals surface area contributed by atoms with Crippen LogP contribution in [-0.2, 0) is 9.22 Å². The van der Waals surface area contributed by atoms with Crippen LogP contribution in [0.1, 0.15) is 79.4 Å². The van der Waals surface area contributed by atoms with E-state index in [4.69, 9.17) is 4.43 Å². The van der Waals surface area contributed by atoms with E-state index < -0.39 is 20.5 Å². The maximum absolute atomic E-state index is 13.7. The highest BCUT2D eigenvalue weighted by atomic mass is 28.4. The quantitative estimate of drug-likeness (QED) is 0.128. The molecule has 38 heavy (non-hydrogen) atoms. The number of carbonyl (C=O) groups excluding carboxylic acids is 3. The largest absolute Gasteiger partial charge is 0.402 e. The molecule has 3 aromatic rings. The van der Waals surface area contributed by atoms with Crippen molar-refractivity contribution in [3.63, 3.8) is 0 Å². The van der Waals surface area contributed by atoms with E-state index in [1.54, 1.807) is 36.4 Å². The molecule has 5 nitrogen and oxygen atoms in total. The number of hydrogen-bond acceptors (Lipinski definition) is 4. The van der Waals surface area contributed by atoms with E-state index in [1.165, 1.54) is 4.90 Å². The first-order valence-electron chi connectivity index (χ1n) is 13.4. The Balaban J connectivity index is 1.64. The van der Waals surface area contributed by atoms with E-state index in [9.17, 15) is 14.4 Å². The molecule has 2 amide bonds. The summed E-state index contributed by atoms with van der Waals surface area (Å²) in [5.41, 5.74) is 3.25. The molecule has 198 valence electrons. The topological polar surface area (TPSA) is 63.7 Å². The molecular formula is C32H37NO4Si. The number of likely N-dealkylation sites (tertiary alicyclic amines) is 1. The number of ketones is 1. The molecule has 2 atom stereocenters. The number of hydrogen-bond donors (Lipinski definition) is 0. The lowest BCUT2D eigenvalue weighted by atomic mass is 9.89. The van der Waals surface area contributed by atoms with E-state index in [2.05, 4.69) is 41.5 Å². The Morgan fingerprint density at radius 1 is 0.684 bits per heavy atom. The van der Waals surface area contributed by atoms with Gasteiger partial charge in [-0.3, -0.25) is 19.3 Å². The molecule has 4 rings (SSSR count). The molecule has 1 fully saturated rings. The fraction of sp³-hybridized carbons (Fsp3) is 0.344. The molecule has 0 radical (unpaired) electrons. The van der Waals surface area contributed by atoms with Crippen molar-refractivity contribution in [1.29, 1.82) is 0 Å². The summed E-state index contributed by atoms with van der Waals surface area (Å²) in [4.78, 5) is 41.4. The molecule has 0 N–H and O–H groups in total. The zero-order valence-electron chi connectivity index (χ0n) is 23.0. The van der Waals surface area contributed by atoms with Gasteiger partial charge in [0.15, 0.2) is 11.9 Å². The fourth-order valence-corrected chi connectivity index (χ4v) is 11.6. The van der Waals surface area contributed by atoms with Crippen molar-refractivity contribution in [2.45, 2.75) is 70.3 Å². The number of β-lactam (4-membered cyclic amide) rings is 1. The summed E-state index contributed by atoms with van der Waals surface area (Å²) < 4.78 is 6.90. The van der Waals surface area contributed by atoms with Gasteiger partial charge in [0.05, 0.1) is 6.04 Å². The number of carbonyl (C=O) groups is 3. The van der Waals surface area contributed by atoms with Crippen molar-refractivity contribution in [1.82, 2.24) is 4.90 Å². The molecule has 0 saturated carbocycles. The van der Waals surface area contributed by atoms with Gasteiger partial charge in [-0.25, -0.2) is 0 Å². The molecule has 1 aliphatic heterocycles. The third kappa shape index (κ3) is 4.90. The minimum absolute atomic E-state index is 0.113. The first-order valence-corrected chi connectivity index (χ1v) is 15.5. The number of amides is 2. The van der Waals surface area contributed by atoms with Crippen molar-refractivity contribution in [2.24, 2.45) is 0 Å². The first-order chi connectivity index (χ1) is 18.1. The molecule has 0 aromatic heterocycles. The Morgan fingerprint density at radius 3 is 1.63 bits per heavy atom. The molecule has 0 aliphatic carbocycles. The van der Waals surface area contributed by atoms with Gasteiger partial charge in [-0.15, -0.1) is 0 Å². The minimum Gasteiger partial charge on any atom is -0.402 e. The van der Waals surface area contributed by atoms with Crippen molar-refractivity contribution in [3.8, 4) is 0 Å². The number of imide groups is 1. The van der Waals surface area contributed by atoms with Gasteiger partial charge < -0.3 is 4.43 Å². The molecule has 3 aromatic carbocycles. The van der Waals surface area contributed by atoms with Gasteiger partial charge in [0.1, 0.15) is 0 Å². The first kappa shape index (κ1) is 27.7. The Hall–Kier alpha value is -3.35. The second kappa shape index (κ2) is 11.2. The molecule has 1 heterocycles. The van der Waals surface area contributed by atoms with Crippen molar-refractivity contribution < 1.29 is 18.8 Å². The Kier molecular flexibility index (Phi) is 8.14. The maximum Gasteiger partial charge on any atom is 0.261 e. The summed E-state index contributed by atoms with van der Waals surface area (Å²) in [6.45, 7) is 13.1. The summed E-state index contributed by atoms with van der Waals surface area (Å²) >= 11 is 0.